The molecule has 0 bridgehead atoms. The summed E-state index contributed by atoms with van der Waals surface area (Å²) in [6.45, 7) is 3.00. The Morgan fingerprint density at radius 3 is 2.81 bits per heavy atom. The fraction of sp³-hybridized carbons (Fsp3) is 0.444. The summed E-state index contributed by atoms with van der Waals surface area (Å²) in [6.07, 6.45) is 2.23. The molecule has 1 amide bonds. The Balaban J connectivity index is 1.43. The van der Waals surface area contributed by atoms with E-state index in [1.165, 1.54) is 11.8 Å². The number of aromatic nitrogens is 3. The van der Waals surface area contributed by atoms with E-state index in [0.717, 1.165) is 37.0 Å². The minimum absolute atomic E-state index is 0.166. The van der Waals surface area contributed by atoms with Crippen LogP contribution in [0, 0.1) is 11.3 Å². The Morgan fingerprint density at radius 2 is 2.07 bits per heavy atom. The number of anilines is 2. The summed E-state index contributed by atoms with van der Waals surface area (Å²) in [5, 5.41) is 21.4. The zero-order chi connectivity index (χ0) is 18.6. The van der Waals surface area contributed by atoms with E-state index in [2.05, 4.69) is 31.1 Å². The molecule has 140 valence electrons. The van der Waals surface area contributed by atoms with Crippen LogP contribution >= 0.6 is 11.8 Å². The van der Waals surface area contributed by atoms with Gasteiger partial charge in [0, 0.05) is 19.1 Å². The Morgan fingerprint density at radius 1 is 1.30 bits per heavy atom. The number of carbonyl (C=O) groups is 1. The number of carbonyl (C=O) groups excluding carboxylic acids is 1. The van der Waals surface area contributed by atoms with Crippen molar-refractivity contribution in [3.05, 3.63) is 29.8 Å². The van der Waals surface area contributed by atoms with E-state index in [0.29, 0.717) is 30.5 Å². The smallest absolute Gasteiger partial charge is 0.234 e. The van der Waals surface area contributed by atoms with Crippen LogP contribution in [0.2, 0.25) is 0 Å². The molecular formula is C18H20N6O2S. The van der Waals surface area contributed by atoms with E-state index >= 15 is 0 Å². The number of nitriles is 1. The molecule has 1 N–H and O–H groups in total. The molecule has 0 unspecified atom stereocenters. The topological polar surface area (TPSA) is 96.1 Å². The SMILES string of the molecule is N#Cc1ccccc1NC(=O)CSc1nnc(N2CCOCC2)n1C1CC1. The van der Waals surface area contributed by atoms with Gasteiger partial charge in [-0.3, -0.25) is 9.36 Å². The molecule has 1 saturated heterocycles. The van der Waals surface area contributed by atoms with Crippen molar-refractivity contribution >= 4 is 29.3 Å². The lowest BCUT2D eigenvalue weighted by Crippen LogP contribution is -2.38. The number of para-hydroxylation sites is 1. The van der Waals surface area contributed by atoms with E-state index < -0.39 is 0 Å². The first-order valence-corrected chi connectivity index (χ1v) is 9.94. The molecule has 4 rings (SSSR count). The number of ether oxygens (including phenoxy) is 1. The van der Waals surface area contributed by atoms with Crippen molar-refractivity contribution in [2.75, 3.05) is 42.3 Å². The maximum atomic E-state index is 12.3. The van der Waals surface area contributed by atoms with Crippen LogP contribution in [0.1, 0.15) is 24.4 Å². The van der Waals surface area contributed by atoms with Gasteiger partial charge in [-0.15, -0.1) is 10.2 Å². The van der Waals surface area contributed by atoms with Crippen molar-refractivity contribution in [2.45, 2.75) is 24.0 Å². The van der Waals surface area contributed by atoms with Gasteiger partial charge in [-0.25, -0.2) is 0 Å². The standard InChI is InChI=1S/C18H20N6O2S/c19-11-13-3-1-2-4-15(13)20-16(25)12-27-18-22-21-17(24(18)14-5-6-14)23-7-9-26-10-8-23/h1-4,14H,5-10,12H2,(H,20,25). The van der Waals surface area contributed by atoms with Crippen LogP contribution in [0.25, 0.3) is 0 Å². The highest BCUT2D eigenvalue weighted by Crippen LogP contribution is 2.41. The molecule has 1 aliphatic heterocycles. The average molecular weight is 384 g/mol. The molecule has 1 saturated carbocycles. The number of morpholine rings is 1. The summed E-state index contributed by atoms with van der Waals surface area (Å²) in [4.78, 5) is 14.5. The number of thioether (sulfide) groups is 1. The van der Waals surface area contributed by atoms with Gasteiger partial charge in [-0.05, 0) is 25.0 Å². The third kappa shape index (κ3) is 4.07. The molecule has 2 fully saturated rings. The van der Waals surface area contributed by atoms with Gasteiger partial charge in [0.25, 0.3) is 0 Å². The number of hydrogen-bond donors (Lipinski definition) is 1. The molecule has 1 aromatic heterocycles. The highest BCUT2D eigenvalue weighted by atomic mass is 32.2. The minimum atomic E-state index is -0.166. The predicted molar refractivity (Wildman–Crippen MR) is 102 cm³/mol. The van der Waals surface area contributed by atoms with Crippen LogP contribution in [-0.4, -0.2) is 52.7 Å². The second kappa shape index (κ2) is 7.98. The maximum absolute atomic E-state index is 12.3. The van der Waals surface area contributed by atoms with Gasteiger partial charge < -0.3 is 15.0 Å². The number of nitrogens with one attached hydrogen (secondary N) is 1. The van der Waals surface area contributed by atoms with Crippen LogP contribution in [0.4, 0.5) is 11.6 Å². The van der Waals surface area contributed by atoms with Gasteiger partial charge in [0.2, 0.25) is 11.9 Å². The number of amides is 1. The van der Waals surface area contributed by atoms with Gasteiger partial charge in [0.15, 0.2) is 5.16 Å². The van der Waals surface area contributed by atoms with Gasteiger partial charge >= 0.3 is 0 Å². The predicted octanol–water partition coefficient (Wildman–Crippen LogP) is 2.05. The zero-order valence-corrected chi connectivity index (χ0v) is 15.6. The molecule has 0 radical (unpaired) electrons. The first-order chi connectivity index (χ1) is 13.3. The lowest BCUT2D eigenvalue weighted by atomic mass is 10.2. The molecule has 2 heterocycles. The van der Waals surface area contributed by atoms with Crippen molar-refractivity contribution in [3.8, 4) is 6.07 Å². The van der Waals surface area contributed by atoms with Gasteiger partial charge in [-0.2, -0.15) is 5.26 Å². The zero-order valence-electron chi connectivity index (χ0n) is 14.8. The number of benzene rings is 1. The van der Waals surface area contributed by atoms with E-state index in [-0.39, 0.29) is 11.7 Å². The summed E-state index contributed by atoms with van der Waals surface area (Å²) >= 11 is 1.38. The highest BCUT2D eigenvalue weighted by molar-refractivity contribution is 7.99. The fourth-order valence-corrected chi connectivity index (χ4v) is 3.81. The first-order valence-electron chi connectivity index (χ1n) is 8.95. The van der Waals surface area contributed by atoms with E-state index in [1.54, 1.807) is 24.3 Å². The first kappa shape index (κ1) is 17.8. The third-order valence-corrected chi connectivity index (χ3v) is 5.45. The van der Waals surface area contributed by atoms with Gasteiger partial charge in [0.05, 0.1) is 30.2 Å². The van der Waals surface area contributed by atoms with Crippen LogP contribution < -0.4 is 10.2 Å². The van der Waals surface area contributed by atoms with Crippen molar-refractivity contribution in [3.63, 3.8) is 0 Å². The van der Waals surface area contributed by atoms with E-state index in [1.807, 2.05) is 0 Å². The van der Waals surface area contributed by atoms with Crippen molar-refractivity contribution in [1.82, 2.24) is 14.8 Å². The number of rotatable bonds is 6. The van der Waals surface area contributed by atoms with Crippen LogP contribution in [0.5, 0.6) is 0 Å². The molecule has 8 nitrogen and oxygen atoms in total. The second-order valence-electron chi connectivity index (χ2n) is 6.48. The Bertz CT molecular complexity index is 867. The number of nitrogens with zero attached hydrogens (tertiary/aromatic N) is 5. The van der Waals surface area contributed by atoms with Crippen molar-refractivity contribution in [2.24, 2.45) is 0 Å². The summed E-state index contributed by atoms with van der Waals surface area (Å²) in [5.74, 6) is 0.924. The maximum Gasteiger partial charge on any atom is 0.234 e. The summed E-state index contributed by atoms with van der Waals surface area (Å²) < 4.78 is 7.58. The lowest BCUT2D eigenvalue weighted by molar-refractivity contribution is -0.113. The molecule has 2 aliphatic rings. The van der Waals surface area contributed by atoms with Gasteiger partial charge in [0.1, 0.15) is 6.07 Å². The third-order valence-electron chi connectivity index (χ3n) is 4.51. The van der Waals surface area contributed by atoms with E-state index in [4.69, 9.17) is 10.00 Å². The lowest BCUT2D eigenvalue weighted by Gasteiger charge is -2.27. The van der Waals surface area contributed by atoms with Crippen LogP contribution in [-0.2, 0) is 9.53 Å². The quantitative estimate of drug-likeness (QED) is 0.762. The molecule has 0 spiro atoms. The molecule has 0 atom stereocenters. The molecule has 9 heteroatoms. The highest BCUT2D eigenvalue weighted by Gasteiger charge is 2.32. The molecule has 2 aromatic rings. The van der Waals surface area contributed by atoms with Gasteiger partial charge in [-0.1, -0.05) is 23.9 Å². The van der Waals surface area contributed by atoms with Crippen molar-refractivity contribution < 1.29 is 9.53 Å². The molecular weight excluding hydrogens is 364 g/mol. The summed E-state index contributed by atoms with van der Waals surface area (Å²) in [6, 6.07) is 9.48. The number of hydrogen-bond acceptors (Lipinski definition) is 7. The molecule has 1 aromatic carbocycles. The monoisotopic (exact) mass is 384 g/mol. The minimum Gasteiger partial charge on any atom is -0.378 e. The summed E-state index contributed by atoms with van der Waals surface area (Å²) in [7, 11) is 0. The average Bonchev–Trinajstić information content (AvgIpc) is 3.46. The fourth-order valence-electron chi connectivity index (χ4n) is 3.00. The molecule has 27 heavy (non-hydrogen) atoms. The van der Waals surface area contributed by atoms with Crippen molar-refractivity contribution in [1.29, 1.82) is 5.26 Å². The van der Waals surface area contributed by atoms with Crippen LogP contribution in [0.15, 0.2) is 29.4 Å². The largest absolute Gasteiger partial charge is 0.378 e. The molecule has 1 aliphatic carbocycles. The van der Waals surface area contributed by atoms with Crippen LogP contribution in [0.3, 0.4) is 0 Å². The summed E-state index contributed by atoms with van der Waals surface area (Å²) in [5.41, 5.74) is 0.981. The Labute approximate surface area is 161 Å². The second-order valence-corrected chi connectivity index (χ2v) is 7.42. The Hall–Kier alpha value is -2.57. The Kier molecular flexibility index (Phi) is 5.27. The van der Waals surface area contributed by atoms with E-state index in [9.17, 15) is 4.79 Å². The normalized spacial score (nSPS) is 16.8.